The Hall–Kier alpha value is -2.53. The summed E-state index contributed by atoms with van der Waals surface area (Å²) in [6, 6.07) is 14.2. The average Bonchev–Trinajstić information content (AvgIpc) is 2.64. The highest BCUT2D eigenvalue weighted by molar-refractivity contribution is 5.87. The molecule has 0 saturated heterocycles. The monoisotopic (exact) mass is 336 g/mol. The minimum atomic E-state index is -1.18. The summed E-state index contributed by atoms with van der Waals surface area (Å²) < 4.78 is 6.13. The third-order valence-electron chi connectivity index (χ3n) is 6.44. The number of nitrogens with two attached hydrogens (primary N) is 1. The first kappa shape index (κ1) is 17.3. The van der Waals surface area contributed by atoms with Crippen molar-refractivity contribution in [2.75, 3.05) is 0 Å². The zero-order valence-corrected chi connectivity index (χ0v) is 14.6. The predicted molar refractivity (Wildman–Crippen MR) is 94.7 cm³/mol. The van der Waals surface area contributed by atoms with Gasteiger partial charge in [0.1, 0.15) is 11.6 Å². The summed E-state index contributed by atoms with van der Waals surface area (Å²) in [5, 5.41) is 27.7. The van der Waals surface area contributed by atoms with Crippen molar-refractivity contribution in [3.8, 4) is 17.9 Å². The van der Waals surface area contributed by atoms with Gasteiger partial charge in [-0.05, 0) is 63.0 Å². The minimum Gasteiger partial charge on any atom is -0.478 e. The summed E-state index contributed by atoms with van der Waals surface area (Å²) in [4.78, 5) is 0. The number of nitrogens with zero attached hydrogens (tertiary/aromatic N) is 2. The fourth-order valence-corrected chi connectivity index (χ4v) is 4.66. The van der Waals surface area contributed by atoms with Gasteiger partial charge in [0.2, 0.25) is 0 Å². The van der Waals surface area contributed by atoms with Gasteiger partial charge in [-0.15, -0.1) is 0 Å². The Morgan fingerprint density at radius 2 is 1.72 bits per heavy atom. The number of nitrogens with one attached hydrogen (secondary N) is 1. The lowest BCUT2D eigenvalue weighted by Crippen LogP contribution is -2.59. The number of ether oxygens (including phenoxy) is 1. The molecule has 0 amide bonds. The van der Waals surface area contributed by atoms with Crippen molar-refractivity contribution in [3.63, 3.8) is 0 Å². The van der Waals surface area contributed by atoms with E-state index in [0.717, 1.165) is 38.5 Å². The molecule has 4 rings (SSSR count). The molecule has 0 aromatic heterocycles. The van der Waals surface area contributed by atoms with Crippen LogP contribution in [-0.4, -0.2) is 11.4 Å². The Morgan fingerprint density at radius 1 is 1.16 bits per heavy atom. The first-order chi connectivity index (χ1) is 11.9. The second kappa shape index (κ2) is 6.08. The number of hydrogen-bond acceptors (Lipinski definition) is 4. The van der Waals surface area contributed by atoms with Crippen LogP contribution in [0.15, 0.2) is 30.3 Å². The molecule has 0 radical (unpaired) electrons. The predicted octanol–water partition coefficient (Wildman–Crippen LogP) is 3.76. The summed E-state index contributed by atoms with van der Waals surface area (Å²) in [7, 11) is 0. The van der Waals surface area contributed by atoms with Crippen molar-refractivity contribution < 1.29 is 4.74 Å². The topological polar surface area (TPSA) is 107 Å². The largest absolute Gasteiger partial charge is 0.478 e. The lowest BCUT2D eigenvalue weighted by atomic mass is 9.48. The van der Waals surface area contributed by atoms with E-state index in [2.05, 4.69) is 12.1 Å². The molecule has 0 heterocycles. The van der Waals surface area contributed by atoms with Crippen LogP contribution in [-0.2, 0) is 0 Å². The van der Waals surface area contributed by atoms with E-state index in [-0.39, 0.29) is 16.7 Å². The van der Waals surface area contributed by atoms with Crippen molar-refractivity contribution in [2.45, 2.75) is 51.0 Å². The Morgan fingerprint density at radius 3 is 2.16 bits per heavy atom. The highest BCUT2D eigenvalue weighted by Crippen LogP contribution is 2.61. The Bertz CT molecular complexity index is 721. The molecule has 0 aliphatic heterocycles. The normalized spacial score (nSPS) is 31.2. The van der Waals surface area contributed by atoms with Crippen LogP contribution in [0.25, 0.3) is 0 Å². The maximum atomic E-state index is 10.0. The molecular formula is C20H24N4O. The second-order valence-electron chi connectivity index (χ2n) is 7.75. The second-order valence-corrected chi connectivity index (χ2v) is 7.75. The van der Waals surface area contributed by atoms with Gasteiger partial charge in [0, 0.05) is 0 Å². The molecule has 2 bridgehead atoms. The van der Waals surface area contributed by atoms with Gasteiger partial charge >= 0.3 is 0 Å². The SMILES string of the molecule is CC(Oc1ccccc1)(C(=N)N)C(C#N)C12CCC(C#N)(CC1)CC2. The van der Waals surface area contributed by atoms with Gasteiger partial charge in [-0.3, -0.25) is 5.41 Å². The zero-order valence-electron chi connectivity index (χ0n) is 14.6. The maximum absolute atomic E-state index is 10.0. The van der Waals surface area contributed by atoms with Crippen LogP contribution >= 0.6 is 0 Å². The number of hydrogen-bond donors (Lipinski definition) is 2. The van der Waals surface area contributed by atoms with E-state index in [1.807, 2.05) is 30.3 Å². The summed E-state index contributed by atoms with van der Waals surface area (Å²) in [5.41, 5.74) is 4.31. The number of rotatable bonds is 5. The molecule has 2 atom stereocenters. The molecule has 3 aliphatic carbocycles. The van der Waals surface area contributed by atoms with Crippen LogP contribution in [0, 0.1) is 44.8 Å². The quantitative estimate of drug-likeness (QED) is 0.630. The van der Waals surface area contributed by atoms with E-state index >= 15 is 0 Å². The molecule has 130 valence electrons. The Balaban J connectivity index is 1.94. The molecule has 0 spiro atoms. The Labute approximate surface area is 148 Å². The zero-order chi connectivity index (χ0) is 18.1. The molecule has 25 heavy (non-hydrogen) atoms. The summed E-state index contributed by atoms with van der Waals surface area (Å²) in [5.74, 6) is -0.0375. The highest BCUT2D eigenvalue weighted by atomic mass is 16.5. The molecule has 3 N–H and O–H groups in total. The van der Waals surface area contributed by atoms with Gasteiger partial charge < -0.3 is 10.5 Å². The van der Waals surface area contributed by atoms with Crippen molar-refractivity contribution in [3.05, 3.63) is 30.3 Å². The van der Waals surface area contributed by atoms with E-state index in [1.54, 1.807) is 6.92 Å². The van der Waals surface area contributed by atoms with Crippen LogP contribution in [0.3, 0.4) is 0 Å². The first-order valence-electron chi connectivity index (χ1n) is 8.79. The van der Waals surface area contributed by atoms with Gasteiger partial charge in [-0.25, -0.2) is 0 Å². The van der Waals surface area contributed by atoms with Gasteiger partial charge in [0.05, 0.1) is 23.5 Å². The molecule has 3 aliphatic rings. The van der Waals surface area contributed by atoms with Crippen LogP contribution in [0.5, 0.6) is 5.75 Å². The van der Waals surface area contributed by atoms with Gasteiger partial charge in [0.15, 0.2) is 5.60 Å². The minimum absolute atomic E-state index is 0.125. The lowest BCUT2D eigenvalue weighted by Gasteiger charge is -2.55. The fourth-order valence-electron chi connectivity index (χ4n) is 4.66. The van der Waals surface area contributed by atoms with Gasteiger partial charge in [-0.1, -0.05) is 18.2 Å². The van der Waals surface area contributed by atoms with Crippen molar-refractivity contribution >= 4 is 5.84 Å². The molecule has 3 saturated carbocycles. The van der Waals surface area contributed by atoms with E-state index in [0.29, 0.717) is 5.75 Å². The third kappa shape index (κ3) is 2.74. The number of amidine groups is 1. The number of benzene rings is 1. The van der Waals surface area contributed by atoms with Gasteiger partial charge in [-0.2, -0.15) is 10.5 Å². The number of para-hydroxylation sites is 1. The highest BCUT2D eigenvalue weighted by Gasteiger charge is 2.58. The number of fused-ring (bicyclic) bond motifs is 3. The molecule has 1 aromatic rings. The molecule has 1 aromatic carbocycles. The summed E-state index contributed by atoms with van der Waals surface area (Å²) in [6.45, 7) is 1.76. The van der Waals surface area contributed by atoms with E-state index in [1.165, 1.54) is 0 Å². The average molecular weight is 336 g/mol. The molecule has 5 heteroatoms. The fraction of sp³-hybridized carbons (Fsp3) is 0.550. The van der Waals surface area contributed by atoms with Crippen LogP contribution in [0.1, 0.15) is 45.4 Å². The van der Waals surface area contributed by atoms with Gasteiger partial charge in [0.25, 0.3) is 0 Å². The number of nitriles is 2. The van der Waals surface area contributed by atoms with Crippen LogP contribution in [0.4, 0.5) is 0 Å². The smallest absolute Gasteiger partial charge is 0.178 e. The van der Waals surface area contributed by atoms with E-state index in [9.17, 15) is 10.5 Å². The molecule has 5 nitrogen and oxygen atoms in total. The molecular weight excluding hydrogens is 312 g/mol. The first-order valence-corrected chi connectivity index (χ1v) is 8.79. The lowest BCUT2D eigenvalue weighted by molar-refractivity contribution is -0.0538. The summed E-state index contributed by atoms with van der Waals surface area (Å²) in [6.07, 6.45) is 4.92. The summed E-state index contributed by atoms with van der Waals surface area (Å²) >= 11 is 0. The van der Waals surface area contributed by atoms with E-state index in [4.69, 9.17) is 15.9 Å². The van der Waals surface area contributed by atoms with Crippen LogP contribution < -0.4 is 10.5 Å². The third-order valence-corrected chi connectivity index (χ3v) is 6.44. The van der Waals surface area contributed by atoms with E-state index < -0.39 is 11.5 Å². The molecule has 3 fully saturated rings. The van der Waals surface area contributed by atoms with Crippen molar-refractivity contribution in [2.24, 2.45) is 22.5 Å². The Kier molecular flexibility index (Phi) is 4.21. The molecule has 2 unspecified atom stereocenters. The van der Waals surface area contributed by atoms with Crippen molar-refractivity contribution in [1.82, 2.24) is 0 Å². The maximum Gasteiger partial charge on any atom is 0.178 e. The van der Waals surface area contributed by atoms with Crippen LogP contribution in [0.2, 0.25) is 0 Å². The standard InChI is InChI=1S/C20H24N4O/c1-18(17(23)24,25-15-5-3-2-4-6-15)16(13-21)20-10-7-19(14-22,8-11-20)9-12-20/h2-6,16H,7-12H2,1H3,(H3,23,24). The van der Waals surface area contributed by atoms with Crippen molar-refractivity contribution in [1.29, 1.82) is 15.9 Å².